The van der Waals surface area contributed by atoms with Crippen LogP contribution in [0.3, 0.4) is 0 Å². The third-order valence-corrected chi connectivity index (χ3v) is 4.78. The van der Waals surface area contributed by atoms with Gasteiger partial charge in [-0.3, -0.25) is 0 Å². The maximum atomic E-state index is 4.91. The molecule has 0 spiro atoms. The van der Waals surface area contributed by atoms with Crippen molar-refractivity contribution in [3.8, 4) is 0 Å². The van der Waals surface area contributed by atoms with Gasteiger partial charge in [0.15, 0.2) is 0 Å². The van der Waals surface area contributed by atoms with Crippen LogP contribution in [-0.2, 0) is 0 Å². The molecule has 1 saturated carbocycles. The van der Waals surface area contributed by atoms with Crippen molar-refractivity contribution in [2.24, 2.45) is 5.92 Å². The van der Waals surface area contributed by atoms with Crippen molar-refractivity contribution in [2.75, 3.05) is 24.5 Å². The molecular weight excluding hydrogens is 258 g/mol. The van der Waals surface area contributed by atoms with Gasteiger partial charge >= 0.3 is 0 Å². The van der Waals surface area contributed by atoms with Crippen LogP contribution in [0.25, 0.3) is 10.9 Å². The van der Waals surface area contributed by atoms with Gasteiger partial charge in [0, 0.05) is 18.0 Å². The molecule has 2 heterocycles. The van der Waals surface area contributed by atoms with Gasteiger partial charge in [0.1, 0.15) is 5.82 Å². The third-order valence-electron chi connectivity index (χ3n) is 4.78. The van der Waals surface area contributed by atoms with Crippen LogP contribution in [0.4, 0.5) is 5.82 Å². The Balaban J connectivity index is 1.59. The minimum Gasteiger partial charge on any atom is -0.353 e. The van der Waals surface area contributed by atoms with Crippen molar-refractivity contribution in [1.29, 1.82) is 0 Å². The predicted molar refractivity (Wildman–Crippen MR) is 87.7 cm³/mol. The largest absolute Gasteiger partial charge is 0.353 e. The zero-order valence-corrected chi connectivity index (χ0v) is 12.5. The molecule has 1 aliphatic heterocycles. The number of aromatic nitrogens is 1. The van der Waals surface area contributed by atoms with E-state index < -0.39 is 0 Å². The molecule has 21 heavy (non-hydrogen) atoms. The number of hydrogen-bond donors (Lipinski definition) is 1. The molecule has 1 saturated heterocycles. The van der Waals surface area contributed by atoms with Crippen LogP contribution in [0.1, 0.15) is 25.7 Å². The summed E-state index contributed by atoms with van der Waals surface area (Å²) in [5.41, 5.74) is 1.12. The summed E-state index contributed by atoms with van der Waals surface area (Å²) < 4.78 is 0. The summed E-state index contributed by atoms with van der Waals surface area (Å²) >= 11 is 0. The number of benzene rings is 1. The Morgan fingerprint density at radius 3 is 2.62 bits per heavy atom. The molecule has 1 aromatic heterocycles. The Labute approximate surface area is 126 Å². The highest BCUT2D eigenvalue weighted by Crippen LogP contribution is 2.33. The fourth-order valence-electron chi connectivity index (χ4n) is 3.37. The summed E-state index contributed by atoms with van der Waals surface area (Å²) in [7, 11) is 0. The number of anilines is 1. The van der Waals surface area contributed by atoms with Crippen molar-refractivity contribution < 1.29 is 0 Å². The first-order valence-electron chi connectivity index (χ1n) is 8.23. The molecule has 0 bridgehead atoms. The molecule has 3 heteroatoms. The van der Waals surface area contributed by atoms with E-state index in [2.05, 4.69) is 46.6 Å². The standard InChI is InChI=1S/C18H23N3/c1-2-4-17-15(3-1)5-8-18(20-17)21(16-6-7-16)13-14-9-11-19-12-10-14/h1-5,8,14,16,19H,6-7,9-13H2. The Bertz CT molecular complexity index is 615. The first kappa shape index (κ1) is 13.1. The molecular formula is C18H23N3. The normalized spacial score (nSPS) is 19.8. The summed E-state index contributed by atoms with van der Waals surface area (Å²) in [6, 6.07) is 13.6. The molecule has 3 nitrogen and oxygen atoms in total. The summed E-state index contributed by atoms with van der Waals surface area (Å²) in [5.74, 6) is 2.00. The molecule has 1 aliphatic carbocycles. The van der Waals surface area contributed by atoms with Crippen molar-refractivity contribution in [3.05, 3.63) is 36.4 Å². The van der Waals surface area contributed by atoms with E-state index in [0.29, 0.717) is 0 Å². The van der Waals surface area contributed by atoms with Crippen molar-refractivity contribution in [1.82, 2.24) is 10.3 Å². The van der Waals surface area contributed by atoms with Gasteiger partial charge in [-0.15, -0.1) is 0 Å². The highest BCUT2D eigenvalue weighted by molar-refractivity contribution is 5.80. The van der Waals surface area contributed by atoms with E-state index in [9.17, 15) is 0 Å². The molecule has 0 amide bonds. The Morgan fingerprint density at radius 2 is 1.81 bits per heavy atom. The van der Waals surface area contributed by atoms with Crippen LogP contribution < -0.4 is 10.2 Å². The van der Waals surface area contributed by atoms with Crippen LogP contribution in [0.15, 0.2) is 36.4 Å². The number of nitrogens with one attached hydrogen (secondary N) is 1. The number of piperidine rings is 1. The first-order chi connectivity index (χ1) is 10.4. The summed E-state index contributed by atoms with van der Waals surface area (Å²) in [5, 5.41) is 4.70. The number of nitrogens with zero attached hydrogens (tertiary/aromatic N) is 2. The SMILES string of the molecule is c1ccc2nc(N(CC3CCNCC3)C3CC3)ccc2c1. The van der Waals surface area contributed by atoms with Crippen molar-refractivity contribution in [2.45, 2.75) is 31.7 Å². The highest BCUT2D eigenvalue weighted by atomic mass is 15.2. The van der Waals surface area contributed by atoms with E-state index in [1.165, 1.54) is 56.5 Å². The van der Waals surface area contributed by atoms with Crippen LogP contribution >= 0.6 is 0 Å². The Morgan fingerprint density at radius 1 is 1.00 bits per heavy atom. The number of rotatable bonds is 4. The van der Waals surface area contributed by atoms with Gasteiger partial charge < -0.3 is 10.2 Å². The molecule has 2 fully saturated rings. The lowest BCUT2D eigenvalue weighted by Crippen LogP contribution is -2.37. The molecule has 110 valence electrons. The topological polar surface area (TPSA) is 28.2 Å². The van der Waals surface area contributed by atoms with E-state index in [1.807, 2.05) is 0 Å². The predicted octanol–water partition coefficient (Wildman–Crippen LogP) is 3.20. The molecule has 2 aromatic rings. The maximum absolute atomic E-state index is 4.91. The van der Waals surface area contributed by atoms with E-state index in [-0.39, 0.29) is 0 Å². The minimum absolute atomic E-state index is 0.730. The zero-order chi connectivity index (χ0) is 14.1. The Kier molecular flexibility index (Phi) is 3.52. The molecule has 0 radical (unpaired) electrons. The summed E-state index contributed by atoms with van der Waals surface area (Å²) in [6.45, 7) is 3.53. The Hall–Kier alpha value is -1.61. The van der Waals surface area contributed by atoms with Gasteiger partial charge in [-0.1, -0.05) is 18.2 Å². The lowest BCUT2D eigenvalue weighted by molar-refractivity contribution is 0.372. The highest BCUT2D eigenvalue weighted by Gasteiger charge is 2.31. The molecule has 0 unspecified atom stereocenters. The average molecular weight is 281 g/mol. The van der Waals surface area contributed by atoms with Crippen molar-refractivity contribution >= 4 is 16.7 Å². The van der Waals surface area contributed by atoms with Gasteiger partial charge in [0.05, 0.1) is 5.52 Å². The molecule has 1 N–H and O–H groups in total. The van der Waals surface area contributed by atoms with E-state index in [1.54, 1.807) is 0 Å². The van der Waals surface area contributed by atoms with Gasteiger partial charge in [-0.2, -0.15) is 0 Å². The number of fused-ring (bicyclic) bond motifs is 1. The van der Waals surface area contributed by atoms with E-state index >= 15 is 0 Å². The number of para-hydroxylation sites is 1. The lowest BCUT2D eigenvalue weighted by Gasteiger charge is -2.31. The zero-order valence-electron chi connectivity index (χ0n) is 12.5. The number of hydrogen-bond acceptors (Lipinski definition) is 3. The quantitative estimate of drug-likeness (QED) is 0.933. The molecule has 0 atom stereocenters. The summed E-state index contributed by atoms with van der Waals surface area (Å²) in [6.07, 6.45) is 5.27. The second kappa shape index (κ2) is 5.64. The van der Waals surface area contributed by atoms with E-state index in [0.717, 1.165) is 17.5 Å². The summed E-state index contributed by atoms with van der Waals surface area (Å²) in [4.78, 5) is 7.48. The van der Waals surface area contributed by atoms with Crippen LogP contribution in [0.5, 0.6) is 0 Å². The van der Waals surface area contributed by atoms with E-state index in [4.69, 9.17) is 4.98 Å². The lowest BCUT2D eigenvalue weighted by atomic mass is 9.97. The van der Waals surface area contributed by atoms with Crippen LogP contribution in [0.2, 0.25) is 0 Å². The fourth-order valence-corrected chi connectivity index (χ4v) is 3.37. The van der Waals surface area contributed by atoms with Crippen LogP contribution in [-0.4, -0.2) is 30.7 Å². The molecule has 2 aliphatic rings. The second-order valence-electron chi connectivity index (χ2n) is 6.44. The fraction of sp³-hybridized carbons (Fsp3) is 0.500. The minimum atomic E-state index is 0.730. The molecule has 4 rings (SSSR count). The van der Waals surface area contributed by atoms with Crippen LogP contribution in [0, 0.1) is 5.92 Å². The van der Waals surface area contributed by atoms with Gasteiger partial charge in [-0.25, -0.2) is 4.98 Å². The maximum Gasteiger partial charge on any atom is 0.129 e. The van der Waals surface area contributed by atoms with Crippen molar-refractivity contribution in [3.63, 3.8) is 0 Å². The number of pyridine rings is 1. The van der Waals surface area contributed by atoms with Gasteiger partial charge in [0.2, 0.25) is 0 Å². The van der Waals surface area contributed by atoms with Gasteiger partial charge in [-0.05, 0) is 62.9 Å². The smallest absolute Gasteiger partial charge is 0.129 e. The van der Waals surface area contributed by atoms with Gasteiger partial charge in [0.25, 0.3) is 0 Å². The second-order valence-corrected chi connectivity index (χ2v) is 6.44. The average Bonchev–Trinajstić information content (AvgIpc) is 3.38. The third kappa shape index (κ3) is 2.88. The first-order valence-corrected chi connectivity index (χ1v) is 8.23. The molecule has 1 aromatic carbocycles. The monoisotopic (exact) mass is 281 g/mol.